The van der Waals surface area contributed by atoms with E-state index < -0.39 is 5.97 Å². The third-order valence-electron chi connectivity index (χ3n) is 3.62. The molecule has 2 unspecified atom stereocenters. The van der Waals surface area contributed by atoms with Crippen LogP contribution in [0.25, 0.3) is 0 Å². The van der Waals surface area contributed by atoms with Crippen molar-refractivity contribution in [2.45, 2.75) is 45.1 Å². The van der Waals surface area contributed by atoms with E-state index in [4.69, 9.17) is 9.84 Å². The van der Waals surface area contributed by atoms with E-state index in [1.54, 1.807) is 12.3 Å². The van der Waals surface area contributed by atoms with Gasteiger partial charge in [-0.15, -0.1) is 0 Å². The molecule has 2 rings (SSSR count). The van der Waals surface area contributed by atoms with Gasteiger partial charge in [0.15, 0.2) is 0 Å². The first kappa shape index (κ1) is 12.9. The van der Waals surface area contributed by atoms with Crippen molar-refractivity contribution in [3.05, 3.63) is 24.0 Å². The van der Waals surface area contributed by atoms with Crippen LogP contribution in [-0.2, 0) is 0 Å². The van der Waals surface area contributed by atoms with Crippen molar-refractivity contribution in [2.75, 3.05) is 0 Å². The minimum absolute atomic E-state index is 0.143. The number of aromatic carboxylic acids is 1. The Kier molecular flexibility index (Phi) is 4.18. The Morgan fingerprint density at radius 3 is 3.11 bits per heavy atom. The van der Waals surface area contributed by atoms with Crippen molar-refractivity contribution < 1.29 is 14.6 Å². The predicted octanol–water partition coefficient (Wildman–Crippen LogP) is 3.13. The first-order valence-electron chi connectivity index (χ1n) is 6.54. The van der Waals surface area contributed by atoms with Crippen LogP contribution in [0.15, 0.2) is 18.5 Å². The van der Waals surface area contributed by atoms with E-state index in [0.29, 0.717) is 11.7 Å². The monoisotopic (exact) mass is 249 g/mol. The third kappa shape index (κ3) is 3.00. The molecule has 1 N–H and O–H groups in total. The normalized spacial score (nSPS) is 23.6. The zero-order valence-corrected chi connectivity index (χ0v) is 10.6. The number of aromatic nitrogens is 1. The van der Waals surface area contributed by atoms with Crippen molar-refractivity contribution in [3.8, 4) is 5.75 Å². The minimum atomic E-state index is -0.985. The second-order valence-corrected chi connectivity index (χ2v) is 4.86. The topological polar surface area (TPSA) is 59.4 Å². The van der Waals surface area contributed by atoms with Crippen LogP contribution >= 0.6 is 0 Å². The van der Waals surface area contributed by atoms with Gasteiger partial charge in [-0.2, -0.15) is 0 Å². The van der Waals surface area contributed by atoms with Crippen molar-refractivity contribution in [2.24, 2.45) is 5.92 Å². The molecule has 98 valence electrons. The van der Waals surface area contributed by atoms with Crippen molar-refractivity contribution >= 4 is 5.97 Å². The molecule has 0 bridgehead atoms. The van der Waals surface area contributed by atoms with Crippen molar-refractivity contribution in [1.29, 1.82) is 0 Å². The summed E-state index contributed by atoms with van der Waals surface area (Å²) >= 11 is 0. The smallest absolute Gasteiger partial charge is 0.341 e. The highest BCUT2D eigenvalue weighted by Crippen LogP contribution is 2.30. The number of carboxylic acids is 1. The van der Waals surface area contributed by atoms with E-state index in [1.807, 2.05) is 0 Å². The SMILES string of the molecule is CCC1CCCC(Oc2ccncc2C(=O)O)C1. The van der Waals surface area contributed by atoms with Gasteiger partial charge < -0.3 is 9.84 Å². The highest BCUT2D eigenvalue weighted by Gasteiger charge is 2.23. The van der Waals surface area contributed by atoms with E-state index in [1.165, 1.54) is 19.0 Å². The van der Waals surface area contributed by atoms with Gasteiger partial charge in [0.25, 0.3) is 0 Å². The van der Waals surface area contributed by atoms with Gasteiger partial charge >= 0.3 is 5.97 Å². The molecule has 0 aromatic carbocycles. The highest BCUT2D eigenvalue weighted by atomic mass is 16.5. The van der Waals surface area contributed by atoms with Gasteiger partial charge in [0.1, 0.15) is 11.3 Å². The van der Waals surface area contributed by atoms with E-state index in [-0.39, 0.29) is 11.7 Å². The summed E-state index contributed by atoms with van der Waals surface area (Å²) in [5, 5.41) is 9.07. The number of carboxylic acid groups (broad SMARTS) is 1. The molecule has 4 nitrogen and oxygen atoms in total. The number of pyridine rings is 1. The second-order valence-electron chi connectivity index (χ2n) is 4.86. The fourth-order valence-electron chi connectivity index (χ4n) is 2.54. The zero-order valence-electron chi connectivity index (χ0n) is 10.6. The molecule has 1 aromatic rings. The summed E-state index contributed by atoms with van der Waals surface area (Å²) in [5.74, 6) is 0.166. The Balaban J connectivity index is 2.07. The molecule has 1 fully saturated rings. The summed E-state index contributed by atoms with van der Waals surface area (Å²) in [4.78, 5) is 14.9. The van der Waals surface area contributed by atoms with Crippen LogP contribution in [0.5, 0.6) is 5.75 Å². The Morgan fingerprint density at radius 1 is 1.56 bits per heavy atom. The molecule has 0 radical (unpaired) electrons. The Morgan fingerprint density at radius 2 is 2.39 bits per heavy atom. The first-order chi connectivity index (χ1) is 8.70. The Hall–Kier alpha value is -1.58. The van der Waals surface area contributed by atoms with Crippen molar-refractivity contribution in [3.63, 3.8) is 0 Å². The molecule has 2 atom stereocenters. The van der Waals surface area contributed by atoms with Gasteiger partial charge in [0.05, 0.1) is 6.10 Å². The zero-order chi connectivity index (χ0) is 13.0. The molecule has 0 aliphatic heterocycles. The van der Waals surface area contributed by atoms with Gasteiger partial charge in [0.2, 0.25) is 0 Å². The molecule has 18 heavy (non-hydrogen) atoms. The Bertz CT molecular complexity index is 419. The molecule has 1 heterocycles. The predicted molar refractivity (Wildman–Crippen MR) is 67.9 cm³/mol. The lowest BCUT2D eigenvalue weighted by Crippen LogP contribution is -2.25. The van der Waals surface area contributed by atoms with E-state index in [9.17, 15) is 4.79 Å². The summed E-state index contributed by atoms with van der Waals surface area (Å²) in [7, 11) is 0. The average Bonchev–Trinajstić information content (AvgIpc) is 2.39. The third-order valence-corrected chi connectivity index (χ3v) is 3.62. The molecule has 1 saturated carbocycles. The van der Waals surface area contributed by atoms with Gasteiger partial charge in [0, 0.05) is 12.4 Å². The maximum absolute atomic E-state index is 11.1. The Labute approximate surface area is 107 Å². The fourth-order valence-corrected chi connectivity index (χ4v) is 2.54. The van der Waals surface area contributed by atoms with Crippen LogP contribution in [0, 0.1) is 5.92 Å². The molecule has 0 amide bonds. The number of nitrogens with zero attached hydrogens (tertiary/aromatic N) is 1. The minimum Gasteiger partial charge on any atom is -0.489 e. The summed E-state index contributed by atoms with van der Waals surface area (Å²) in [6, 6.07) is 1.64. The quantitative estimate of drug-likeness (QED) is 0.890. The van der Waals surface area contributed by atoms with Gasteiger partial charge in [-0.05, 0) is 31.2 Å². The van der Waals surface area contributed by atoms with Crippen LogP contribution in [0.2, 0.25) is 0 Å². The lowest BCUT2D eigenvalue weighted by molar-refractivity contribution is 0.0681. The second kappa shape index (κ2) is 5.85. The van der Waals surface area contributed by atoms with Gasteiger partial charge in [-0.25, -0.2) is 4.79 Å². The summed E-state index contributed by atoms with van der Waals surface area (Å²) < 4.78 is 5.86. The van der Waals surface area contributed by atoms with Crippen molar-refractivity contribution in [1.82, 2.24) is 4.98 Å². The van der Waals surface area contributed by atoms with Gasteiger partial charge in [-0.3, -0.25) is 4.98 Å². The molecular formula is C14H19NO3. The summed E-state index contributed by atoms with van der Waals surface area (Å²) in [5.41, 5.74) is 0.149. The molecule has 1 aromatic heterocycles. The summed E-state index contributed by atoms with van der Waals surface area (Å²) in [6.07, 6.45) is 8.69. The summed E-state index contributed by atoms with van der Waals surface area (Å²) in [6.45, 7) is 2.20. The van der Waals surface area contributed by atoms with Crippen LogP contribution in [-0.4, -0.2) is 22.2 Å². The number of rotatable bonds is 4. The lowest BCUT2D eigenvalue weighted by atomic mass is 9.85. The van der Waals surface area contributed by atoms with E-state index in [0.717, 1.165) is 19.3 Å². The van der Waals surface area contributed by atoms with Crippen LogP contribution in [0.4, 0.5) is 0 Å². The standard InChI is InChI=1S/C14H19NO3/c1-2-10-4-3-5-11(8-10)18-13-6-7-15-9-12(13)14(16)17/h6-7,9-11H,2-5,8H2,1H3,(H,16,17). The van der Waals surface area contributed by atoms with E-state index >= 15 is 0 Å². The van der Waals surface area contributed by atoms with Crippen LogP contribution in [0.3, 0.4) is 0 Å². The first-order valence-corrected chi connectivity index (χ1v) is 6.54. The molecule has 4 heteroatoms. The number of ether oxygens (including phenoxy) is 1. The largest absolute Gasteiger partial charge is 0.489 e. The molecule has 1 aliphatic carbocycles. The number of hydrogen-bond donors (Lipinski definition) is 1. The highest BCUT2D eigenvalue weighted by molar-refractivity contribution is 5.90. The number of hydrogen-bond acceptors (Lipinski definition) is 3. The lowest BCUT2D eigenvalue weighted by Gasteiger charge is -2.29. The van der Waals surface area contributed by atoms with E-state index in [2.05, 4.69) is 11.9 Å². The maximum atomic E-state index is 11.1. The average molecular weight is 249 g/mol. The van der Waals surface area contributed by atoms with Crippen LogP contribution in [0.1, 0.15) is 49.4 Å². The van der Waals surface area contributed by atoms with Gasteiger partial charge in [-0.1, -0.05) is 19.8 Å². The maximum Gasteiger partial charge on any atom is 0.341 e. The number of carbonyl (C=O) groups is 1. The molecule has 1 aliphatic rings. The molecular weight excluding hydrogens is 230 g/mol. The fraction of sp³-hybridized carbons (Fsp3) is 0.571. The molecule has 0 spiro atoms. The molecule has 0 saturated heterocycles. The van der Waals surface area contributed by atoms with Crippen LogP contribution < -0.4 is 4.74 Å².